The zero-order valence-corrected chi connectivity index (χ0v) is 10.5. The zero-order valence-electron chi connectivity index (χ0n) is 9.72. The third kappa shape index (κ3) is 1.67. The van der Waals surface area contributed by atoms with Gasteiger partial charge in [-0.15, -0.1) is 11.6 Å². The van der Waals surface area contributed by atoms with E-state index in [1.165, 1.54) is 6.42 Å². The van der Waals surface area contributed by atoms with E-state index in [4.69, 9.17) is 11.6 Å². The molecule has 1 amide bonds. The van der Waals surface area contributed by atoms with Crippen LogP contribution < -0.4 is 5.32 Å². The Bertz CT molecular complexity index is 277. The topological polar surface area (TPSA) is 29.1 Å². The lowest BCUT2D eigenvalue weighted by Gasteiger charge is -2.62. The molecular weight excluding hydrogens is 210 g/mol. The van der Waals surface area contributed by atoms with Crippen molar-refractivity contribution < 1.29 is 4.79 Å². The van der Waals surface area contributed by atoms with Gasteiger partial charge in [-0.1, -0.05) is 20.8 Å². The Balaban J connectivity index is 1.99. The van der Waals surface area contributed by atoms with Crippen LogP contribution in [0, 0.1) is 23.2 Å². The minimum absolute atomic E-state index is 0.0207. The van der Waals surface area contributed by atoms with E-state index < -0.39 is 0 Å². The molecule has 3 fully saturated rings. The second kappa shape index (κ2) is 3.65. The fourth-order valence-electron chi connectivity index (χ4n) is 3.59. The molecule has 0 heterocycles. The van der Waals surface area contributed by atoms with Gasteiger partial charge in [0.15, 0.2) is 0 Å². The first-order chi connectivity index (χ1) is 6.96. The van der Waals surface area contributed by atoms with E-state index in [1.807, 2.05) is 0 Å². The van der Waals surface area contributed by atoms with E-state index in [2.05, 4.69) is 26.1 Å². The van der Waals surface area contributed by atoms with Crippen molar-refractivity contribution >= 4 is 17.5 Å². The highest BCUT2D eigenvalue weighted by atomic mass is 35.5. The molecule has 0 radical (unpaired) electrons. The van der Waals surface area contributed by atoms with Crippen LogP contribution in [-0.4, -0.2) is 17.8 Å². The SMILES string of the molecule is CC1C2C[C@@H](C[C@H]1NC(=O)CCl)C2(C)C. The van der Waals surface area contributed by atoms with Crippen LogP contribution in [0.5, 0.6) is 0 Å². The number of halogens is 1. The van der Waals surface area contributed by atoms with Gasteiger partial charge in [0, 0.05) is 6.04 Å². The molecule has 2 unspecified atom stereocenters. The van der Waals surface area contributed by atoms with Crippen LogP contribution in [0.3, 0.4) is 0 Å². The molecule has 0 aromatic carbocycles. The predicted octanol–water partition coefficient (Wildman–Crippen LogP) is 2.41. The summed E-state index contributed by atoms with van der Waals surface area (Å²) in [5.41, 5.74) is 0.488. The highest BCUT2D eigenvalue weighted by molar-refractivity contribution is 6.27. The molecule has 2 nitrogen and oxygen atoms in total. The highest BCUT2D eigenvalue weighted by Crippen LogP contribution is 2.61. The van der Waals surface area contributed by atoms with E-state index in [0.717, 1.165) is 18.3 Å². The summed E-state index contributed by atoms with van der Waals surface area (Å²) >= 11 is 5.51. The number of carbonyl (C=O) groups is 1. The van der Waals surface area contributed by atoms with Gasteiger partial charge in [-0.05, 0) is 36.0 Å². The summed E-state index contributed by atoms with van der Waals surface area (Å²) in [4.78, 5) is 11.3. The van der Waals surface area contributed by atoms with Gasteiger partial charge in [-0.25, -0.2) is 0 Å². The Morgan fingerprint density at radius 2 is 2.13 bits per heavy atom. The fraction of sp³-hybridized carbons (Fsp3) is 0.917. The molecule has 1 N–H and O–H groups in total. The lowest BCUT2D eigenvalue weighted by molar-refractivity contribution is -0.132. The van der Waals surface area contributed by atoms with Gasteiger partial charge in [0.2, 0.25) is 5.91 Å². The van der Waals surface area contributed by atoms with Gasteiger partial charge in [0.1, 0.15) is 5.88 Å². The summed E-state index contributed by atoms with van der Waals surface area (Å²) in [7, 11) is 0. The smallest absolute Gasteiger partial charge is 0.235 e. The van der Waals surface area contributed by atoms with E-state index in [-0.39, 0.29) is 11.8 Å². The number of carbonyl (C=O) groups excluding carboxylic acids is 1. The summed E-state index contributed by atoms with van der Waals surface area (Å²) < 4.78 is 0. The van der Waals surface area contributed by atoms with Crippen molar-refractivity contribution in [3.05, 3.63) is 0 Å². The van der Waals surface area contributed by atoms with Crippen LogP contribution in [-0.2, 0) is 4.79 Å². The lowest BCUT2D eigenvalue weighted by Crippen LogP contribution is -2.60. The van der Waals surface area contributed by atoms with Gasteiger partial charge < -0.3 is 5.32 Å². The van der Waals surface area contributed by atoms with Crippen molar-refractivity contribution in [3.8, 4) is 0 Å². The maximum absolute atomic E-state index is 11.3. The van der Waals surface area contributed by atoms with E-state index in [0.29, 0.717) is 17.4 Å². The molecule has 86 valence electrons. The second-order valence-corrected chi connectivity index (χ2v) is 6.03. The molecule has 3 heteroatoms. The van der Waals surface area contributed by atoms with Crippen LogP contribution in [0.25, 0.3) is 0 Å². The monoisotopic (exact) mass is 229 g/mol. The second-order valence-electron chi connectivity index (χ2n) is 5.76. The van der Waals surface area contributed by atoms with Crippen molar-refractivity contribution in [2.24, 2.45) is 23.2 Å². The van der Waals surface area contributed by atoms with E-state index in [1.54, 1.807) is 0 Å². The van der Waals surface area contributed by atoms with Gasteiger partial charge in [0.05, 0.1) is 0 Å². The molecule has 0 saturated heterocycles. The van der Waals surface area contributed by atoms with Crippen LogP contribution in [0.15, 0.2) is 0 Å². The van der Waals surface area contributed by atoms with Crippen LogP contribution >= 0.6 is 11.6 Å². The summed E-state index contributed by atoms with van der Waals surface area (Å²) in [6.07, 6.45) is 2.48. The first-order valence-electron chi connectivity index (χ1n) is 5.82. The quantitative estimate of drug-likeness (QED) is 0.724. The zero-order chi connectivity index (χ0) is 11.2. The molecule has 0 spiro atoms. The molecule has 0 aromatic rings. The van der Waals surface area contributed by atoms with Crippen molar-refractivity contribution in [1.82, 2.24) is 5.32 Å². The molecule has 15 heavy (non-hydrogen) atoms. The minimum atomic E-state index is -0.0207. The number of amides is 1. The maximum atomic E-state index is 11.3. The number of nitrogens with one attached hydrogen (secondary N) is 1. The van der Waals surface area contributed by atoms with Crippen LogP contribution in [0.2, 0.25) is 0 Å². The van der Waals surface area contributed by atoms with E-state index >= 15 is 0 Å². The first kappa shape index (κ1) is 11.3. The van der Waals surface area contributed by atoms with Gasteiger partial charge >= 0.3 is 0 Å². The van der Waals surface area contributed by atoms with Crippen LogP contribution in [0.1, 0.15) is 33.6 Å². The minimum Gasteiger partial charge on any atom is -0.352 e. The molecule has 0 aromatic heterocycles. The van der Waals surface area contributed by atoms with Gasteiger partial charge in [-0.3, -0.25) is 4.79 Å². The molecule has 3 aliphatic rings. The molecule has 4 atom stereocenters. The van der Waals surface area contributed by atoms with Crippen molar-refractivity contribution in [2.75, 3.05) is 5.88 Å². The number of hydrogen-bond donors (Lipinski definition) is 1. The third-order valence-corrected chi connectivity index (χ3v) is 5.06. The third-order valence-electron chi connectivity index (χ3n) is 4.82. The van der Waals surface area contributed by atoms with E-state index in [9.17, 15) is 4.79 Å². The Morgan fingerprint density at radius 3 is 2.60 bits per heavy atom. The van der Waals surface area contributed by atoms with Gasteiger partial charge in [-0.2, -0.15) is 0 Å². The highest BCUT2D eigenvalue weighted by Gasteiger charge is 2.56. The van der Waals surface area contributed by atoms with Crippen molar-refractivity contribution in [1.29, 1.82) is 0 Å². The number of rotatable bonds is 2. The molecule has 0 aliphatic heterocycles. The fourth-order valence-corrected chi connectivity index (χ4v) is 3.66. The first-order valence-corrected chi connectivity index (χ1v) is 6.35. The molecule has 3 rings (SSSR count). The maximum Gasteiger partial charge on any atom is 0.235 e. The predicted molar refractivity (Wildman–Crippen MR) is 61.8 cm³/mol. The Kier molecular flexibility index (Phi) is 2.74. The standard InChI is InChI=1S/C12H20ClNO/c1-7-9-4-8(12(9,2)3)5-10(7)14-11(15)6-13/h7-10H,4-6H2,1-3H3,(H,14,15)/t7?,8-,9?,10+/m0/s1. The number of fused-ring (bicyclic) bond motifs is 2. The molecule has 3 aliphatic carbocycles. The number of hydrogen-bond acceptors (Lipinski definition) is 1. The Morgan fingerprint density at radius 1 is 1.47 bits per heavy atom. The summed E-state index contributed by atoms with van der Waals surface area (Å²) in [6.45, 7) is 6.99. The largest absolute Gasteiger partial charge is 0.352 e. The average molecular weight is 230 g/mol. The van der Waals surface area contributed by atoms with Gasteiger partial charge in [0.25, 0.3) is 0 Å². The lowest BCUT2D eigenvalue weighted by atomic mass is 9.45. The molecule has 3 saturated carbocycles. The molecule has 2 bridgehead atoms. The molecular formula is C12H20ClNO. The van der Waals surface area contributed by atoms with Crippen molar-refractivity contribution in [2.45, 2.75) is 39.7 Å². The van der Waals surface area contributed by atoms with Crippen molar-refractivity contribution in [3.63, 3.8) is 0 Å². The Hall–Kier alpha value is -0.240. The Labute approximate surface area is 96.8 Å². The summed E-state index contributed by atoms with van der Waals surface area (Å²) in [5, 5.41) is 3.05. The summed E-state index contributed by atoms with van der Waals surface area (Å²) in [6, 6.07) is 0.355. The van der Waals surface area contributed by atoms with Crippen LogP contribution in [0.4, 0.5) is 0 Å². The average Bonchev–Trinajstić information content (AvgIpc) is 2.19. The number of alkyl halides is 1. The summed E-state index contributed by atoms with van der Waals surface area (Å²) in [5.74, 6) is 2.23. The normalized spacial score (nSPS) is 41.9.